The van der Waals surface area contributed by atoms with Gasteiger partial charge in [-0.1, -0.05) is 0 Å². The summed E-state index contributed by atoms with van der Waals surface area (Å²) in [6.45, 7) is 0. The molecule has 0 saturated heterocycles. The van der Waals surface area contributed by atoms with Crippen LogP contribution >= 0.6 is 0 Å². The summed E-state index contributed by atoms with van der Waals surface area (Å²) in [5.74, 6) is 3.76. The molecule has 0 heterocycles. The first kappa shape index (κ1) is 8.35. The number of nitrogens with two attached hydrogens (primary N) is 1. The molecule has 2 N–H and O–H groups in total. The first-order chi connectivity index (χ1) is 4.26. The quantitative estimate of drug-likeness (QED) is 0.398. The lowest BCUT2D eigenvalue weighted by atomic mass is 10.6. The van der Waals surface area contributed by atoms with Gasteiger partial charge in [-0.2, -0.15) is 5.90 Å². The maximum atomic E-state index is 10.4. The van der Waals surface area contributed by atoms with Crippen molar-refractivity contribution in [1.82, 2.24) is 0 Å². The number of methoxy groups -OCH3 is 2. The van der Waals surface area contributed by atoms with Crippen LogP contribution in [0.3, 0.4) is 0 Å². The molecule has 0 saturated carbocycles. The summed E-state index contributed by atoms with van der Waals surface area (Å²) in [5, 5.41) is 0. The third-order valence-electron chi connectivity index (χ3n) is 0.737. The highest BCUT2D eigenvalue weighted by atomic mass is 16.7. The molecule has 0 atom stereocenters. The van der Waals surface area contributed by atoms with Crippen molar-refractivity contribution in [3.8, 4) is 0 Å². The van der Waals surface area contributed by atoms with Gasteiger partial charge in [-0.05, 0) is 0 Å². The Kier molecular flexibility index (Phi) is 3.94. The minimum Gasteiger partial charge on any atom is -0.370 e. The van der Waals surface area contributed by atoms with Gasteiger partial charge in [0, 0.05) is 14.2 Å². The molecule has 0 aromatic heterocycles. The molecule has 54 valence electrons. The van der Waals surface area contributed by atoms with Gasteiger partial charge in [-0.15, -0.1) is 0 Å². The van der Waals surface area contributed by atoms with Gasteiger partial charge in [0.25, 0.3) is 6.29 Å². The van der Waals surface area contributed by atoms with Crippen LogP contribution in [0.2, 0.25) is 0 Å². The average molecular weight is 135 g/mol. The van der Waals surface area contributed by atoms with E-state index in [1.165, 1.54) is 14.2 Å². The molecule has 0 aliphatic carbocycles. The minimum atomic E-state index is -1.02. The fraction of sp³-hybridized carbons (Fsp3) is 0.750. The molecule has 9 heavy (non-hydrogen) atoms. The first-order valence-electron chi connectivity index (χ1n) is 2.22. The Bertz CT molecular complexity index is 90.6. The molecule has 0 spiro atoms. The second kappa shape index (κ2) is 4.25. The number of rotatable bonds is 3. The Morgan fingerprint density at radius 1 is 1.44 bits per heavy atom. The smallest absolute Gasteiger partial charge is 0.370 e. The fourth-order valence-corrected chi connectivity index (χ4v) is 0.344. The Morgan fingerprint density at radius 3 is 2.00 bits per heavy atom. The Labute approximate surface area is 52.6 Å². The highest BCUT2D eigenvalue weighted by molar-refractivity contribution is 5.72. The van der Waals surface area contributed by atoms with Crippen molar-refractivity contribution < 1.29 is 19.1 Å². The highest BCUT2D eigenvalue weighted by Gasteiger charge is 2.16. The zero-order valence-corrected chi connectivity index (χ0v) is 5.29. The summed E-state index contributed by atoms with van der Waals surface area (Å²) in [4.78, 5) is 14.2. The predicted octanol–water partition coefficient (Wildman–Crippen LogP) is -0.978. The summed E-state index contributed by atoms with van der Waals surface area (Å²) in [6, 6.07) is 0. The maximum absolute atomic E-state index is 10.4. The fourth-order valence-electron chi connectivity index (χ4n) is 0.344. The van der Waals surface area contributed by atoms with Crippen molar-refractivity contribution in [2.45, 2.75) is 6.29 Å². The van der Waals surface area contributed by atoms with Crippen LogP contribution in [-0.4, -0.2) is 26.5 Å². The molecular formula is C4H9NO4. The van der Waals surface area contributed by atoms with Crippen LogP contribution in [0.15, 0.2) is 0 Å². The van der Waals surface area contributed by atoms with Crippen molar-refractivity contribution in [3.63, 3.8) is 0 Å². The normalized spacial score (nSPS) is 9.78. The molecule has 0 bridgehead atoms. The molecule has 0 aromatic carbocycles. The first-order valence-corrected chi connectivity index (χ1v) is 2.22. The third kappa shape index (κ3) is 2.41. The Balaban J connectivity index is 3.64. The number of carbonyl (C=O) groups excluding carboxylic acids is 1. The van der Waals surface area contributed by atoms with Crippen LogP contribution < -0.4 is 5.90 Å². The monoisotopic (exact) mass is 135 g/mol. The number of hydrogen-bond acceptors (Lipinski definition) is 5. The van der Waals surface area contributed by atoms with E-state index in [2.05, 4.69) is 20.2 Å². The Hall–Kier alpha value is -0.650. The molecule has 0 unspecified atom stereocenters. The van der Waals surface area contributed by atoms with Gasteiger partial charge in [0.1, 0.15) is 0 Å². The summed E-state index contributed by atoms with van der Waals surface area (Å²) < 4.78 is 8.95. The summed E-state index contributed by atoms with van der Waals surface area (Å²) in [7, 11) is 2.62. The largest absolute Gasteiger partial charge is 0.381 e. The molecule has 0 fully saturated rings. The van der Waals surface area contributed by atoms with Crippen molar-refractivity contribution >= 4 is 5.97 Å². The highest BCUT2D eigenvalue weighted by Crippen LogP contribution is 1.90. The SMILES string of the molecule is COC(OC)C(=O)ON. The van der Waals surface area contributed by atoms with Crippen LogP contribution in [0.4, 0.5) is 0 Å². The van der Waals surface area contributed by atoms with Crippen LogP contribution in [0.1, 0.15) is 0 Å². The second-order valence-electron chi connectivity index (χ2n) is 1.24. The van der Waals surface area contributed by atoms with Gasteiger partial charge < -0.3 is 14.3 Å². The van der Waals surface area contributed by atoms with Crippen molar-refractivity contribution in [2.75, 3.05) is 14.2 Å². The topological polar surface area (TPSA) is 70.8 Å². The number of carbonyl (C=O) groups is 1. The molecule has 5 heteroatoms. The van der Waals surface area contributed by atoms with E-state index in [0.29, 0.717) is 0 Å². The van der Waals surface area contributed by atoms with Crippen LogP contribution in [0, 0.1) is 0 Å². The molecular weight excluding hydrogens is 126 g/mol. The zero-order chi connectivity index (χ0) is 7.28. The summed E-state index contributed by atoms with van der Waals surface area (Å²) >= 11 is 0. The van der Waals surface area contributed by atoms with E-state index in [0.717, 1.165) is 0 Å². The van der Waals surface area contributed by atoms with Crippen molar-refractivity contribution in [1.29, 1.82) is 0 Å². The van der Waals surface area contributed by atoms with E-state index in [1.807, 2.05) is 0 Å². The lowest BCUT2D eigenvalue weighted by Crippen LogP contribution is -2.29. The number of ether oxygens (including phenoxy) is 2. The van der Waals surface area contributed by atoms with Crippen LogP contribution in [0.25, 0.3) is 0 Å². The van der Waals surface area contributed by atoms with Crippen LogP contribution in [-0.2, 0) is 19.1 Å². The van der Waals surface area contributed by atoms with E-state index in [-0.39, 0.29) is 0 Å². The third-order valence-corrected chi connectivity index (χ3v) is 0.737. The Morgan fingerprint density at radius 2 is 1.89 bits per heavy atom. The average Bonchev–Trinajstić information content (AvgIpc) is 1.90. The van der Waals surface area contributed by atoms with E-state index >= 15 is 0 Å². The van der Waals surface area contributed by atoms with Gasteiger partial charge >= 0.3 is 5.97 Å². The predicted molar refractivity (Wildman–Crippen MR) is 28.1 cm³/mol. The van der Waals surface area contributed by atoms with Gasteiger partial charge in [0.15, 0.2) is 0 Å². The molecule has 0 amide bonds. The van der Waals surface area contributed by atoms with Crippen molar-refractivity contribution in [2.24, 2.45) is 5.90 Å². The number of hydrogen-bond donors (Lipinski definition) is 1. The summed E-state index contributed by atoms with van der Waals surface area (Å²) in [5.41, 5.74) is 0. The molecule has 0 aliphatic rings. The minimum absolute atomic E-state index is 0.750. The molecule has 0 aliphatic heterocycles. The maximum Gasteiger partial charge on any atom is 0.381 e. The summed E-state index contributed by atoms with van der Waals surface area (Å²) in [6.07, 6.45) is -1.02. The molecule has 0 rings (SSSR count). The van der Waals surface area contributed by atoms with Gasteiger partial charge in [-0.25, -0.2) is 4.79 Å². The van der Waals surface area contributed by atoms with Crippen LogP contribution in [0.5, 0.6) is 0 Å². The van der Waals surface area contributed by atoms with E-state index in [4.69, 9.17) is 0 Å². The second-order valence-corrected chi connectivity index (χ2v) is 1.24. The van der Waals surface area contributed by atoms with Crippen molar-refractivity contribution in [3.05, 3.63) is 0 Å². The van der Waals surface area contributed by atoms with E-state index in [1.54, 1.807) is 0 Å². The van der Waals surface area contributed by atoms with Gasteiger partial charge in [-0.3, -0.25) is 0 Å². The standard InChI is InChI=1S/C4H9NO4/c1-7-4(8-2)3(6)9-5/h4H,5H2,1-2H3. The lowest BCUT2D eigenvalue weighted by Gasteiger charge is -2.08. The van der Waals surface area contributed by atoms with Gasteiger partial charge in [0.2, 0.25) is 0 Å². The van der Waals surface area contributed by atoms with Gasteiger partial charge in [0.05, 0.1) is 0 Å². The zero-order valence-electron chi connectivity index (χ0n) is 5.29. The molecule has 0 aromatic rings. The van der Waals surface area contributed by atoms with E-state index in [9.17, 15) is 4.79 Å². The van der Waals surface area contributed by atoms with E-state index < -0.39 is 12.3 Å². The molecule has 5 nitrogen and oxygen atoms in total. The lowest BCUT2D eigenvalue weighted by molar-refractivity contribution is -0.184. The molecule has 0 radical (unpaired) electrons.